The van der Waals surface area contributed by atoms with Crippen LogP contribution in [0.5, 0.6) is 5.75 Å². The van der Waals surface area contributed by atoms with E-state index in [0.29, 0.717) is 12.2 Å². The zero-order chi connectivity index (χ0) is 20.7. The van der Waals surface area contributed by atoms with Crippen LogP contribution in [0.4, 0.5) is 4.39 Å². The molecule has 1 atom stereocenters. The summed E-state index contributed by atoms with van der Waals surface area (Å²) >= 11 is 0. The number of benzene rings is 2. The average molecular weight is 386 g/mol. The van der Waals surface area contributed by atoms with Crippen molar-refractivity contribution < 1.29 is 18.7 Å². The summed E-state index contributed by atoms with van der Waals surface area (Å²) in [6.45, 7) is 5.77. The molecule has 2 rings (SSSR count). The predicted molar refractivity (Wildman–Crippen MR) is 107 cm³/mol. The first-order valence-corrected chi connectivity index (χ1v) is 9.30. The zero-order valence-corrected chi connectivity index (χ0v) is 16.8. The van der Waals surface area contributed by atoms with Crippen LogP contribution in [0.2, 0.25) is 0 Å². The van der Waals surface area contributed by atoms with Crippen LogP contribution in [0.3, 0.4) is 0 Å². The highest BCUT2D eigenvalue weighted by Gasteiger charge is 2.28. The summed E-state index contributed by atoms with van der Waals surface area (Å²) in [5, 5.41) is 2.60. The first-order valence-electron chi connectivity index (χ1n) is 9.30. The summed E-state index contributed by atoms with van der Waals surface area (Å²) in [7, 11) is 1.54. The molecule has 0 radical (unpaired) electrons. The van der Waals surface area contributed by atoms with Gasteiger partial charge >= 0.3 is 0 Å². The largest absolute Gasteiger partial charge is 0.484 e. The number of carbonyl (C=O) groups is 2. The Labute approximate surface area is 165 Å². The Kier molecular flexibility index (Phi) is 7.55. The van der Waals surface area contributed by atoms with Crippen molar-refractivity contribution >= 4 is 11.8 Å². The fourth-order valence-electron chi connectivity index (χ4n) is 3.12. The van der Waals surface area contributed by atoms with Crippen LogP contribution in [0, 0.1) is 19.7 Å². The summed E-state index contributed by atoms with van der Waals surface area (Å²) < 4.78 is 18.9. The number of likely N-dealkylation sites (N-methyl/N-ethyl adjacent to an activating group) is 1. The minimum atomic E-state index is -0.634. The highest BCUT2D eigenvalue weighted by atomic mass is 19.1. The topological polar surface area (TPSA) is 58.6 Å². The maximum atomic E-state index is 13.2. The van der Waals surface area contributed by atoms with E-state index in [1.54, 1.807) is 12.1 Å². The monoisotopic (exact) mass is 386 g/mol. The van der Waals surface area contributed by atoms with Gasteiger partial charge < -0.3 is 15.0 Å². The first kappa shape index (κ1) is 21.4. The Morgan fingerprint density at radius 1 is 1.11 bits per heavy atom. The van der Waals surface area contributed by atoms with Crippen LogP contribution < -0.4 is 10.1 Å². The van der Waals surface area contributed by atoms with Crippen LogP contribution in [-0.2, 0) is 16.1 Å². The Hall–Kier alpha value is -2.89. The standard InChI is InChI=1S/C22H27FN2O3/c1-5-20(22(27)24-4)25(13-17-6-8-18(23)9-7-17)21(26)14-28-19-11-15(2)10-16(3)12-19/h6-12,20H,5,13-14H2,1-4H3,(H,24,27). The van der Waals surface area contributed by atoms with E-state index >= 15 is 0 Å². The maximum Gasteiger partial charge on any atom is 0.261 e. The lowest BCUT2D eigenvalue weighted by Crippen LogP contribution is -2.49. The number of hydrogen-bond acceptors (Lipinski definition) is 3. The second-order valence-corrected chi connectivity index (χ2v) is 6.80. The van der Waals surface area contributed by atoms with Gasteiger partial charge in [-0.05, 0) is 61.2 Å². The van der Waals surface area contributed by atoms with Crippen LogP contribution in [0.1, 0.15) is 30.0 Å². The molecule has 0 aromatic heterocycles. The van der Waals surface area contributed by atoms with E-state index < -0.39 is 6.04 Å². The lowest BCUT2D eigenvalue weighted by Gasteiger charge is -2.30. The van der Waals surface area contributed by atoms with Crippen molar-refractivity contribution in [3.8, 4) is 5.75 Å². The number of halogens is 1. The summed E-state index contributed by atoms with van der Waals surface area (Å²) in [5.41, 5.74) is 2.83. The van der Waals surface area contributed by atoms with Crippen molar-refractivity contribution in [3.05, 3.63) is 65.0 Å². The molecular formula is C22H27FN2O3. The molecule has 0 aliphatic heterocycles. The van der Waals surface area contributed by atoms with Gasteiger partial charge in [-0.25, -0.2) is 4.39 Å². The molecule has 1 unspecified atom stereocenters. The summed E-state index contributed by atoms with van der Waals surface area (Å²) in [6, 6.07) is 11.0. The van der Waals surface area contributed by atoms with Gasteiger partial charge in [0.25, 0.3) is 5.91 Å². The van der Waals surface area contributed by atoms with Gasteiger partial charge in [-0.2, -0.15) is 0 Å². The maximum absolute atomic E-state index is 13.2. The molecule has 1 N–H and O–H groups in total. The Morgan fingerprint density at radius 3 is 2.25 bits per heavy atom. The lowest BCUT2D eigenvalue weighted by atomic mass is 10.1. The summed E-state index contributed by atoms with van der Waals surface area (Å²) in [6.07, 6.45) is 0.455. The van der Waals surface area contributed by atoms with Crippen LogP contribution in [0.25, 0.3) is 0 Å². The molecule has 0 spiro atoms. The molecule has 0 heterocycles. The summed E-state index contributed by atoms with van der Waals surface area (Å²) in [4.78, 5) is 26.7. The number of amides is 2. The van der Waals surface area contributed by atoms with E-state index in [9.17, 15) is 14.0 Å². The van der Waals surface area contributed by atoms with E-state index in [1.807, 2.05) is 39.0 Å². The molecule has 28 heavy (non-hydrogen) atoms. The molecule has 2 aromatic carbocycles. The Morgan fingerprint density at radius 2 is 1.71 bits per heavy atom. The molecule has 0 aliphatic rings. The highest BCUT2D eigenvalue weighted by Crippen LogP contribution is 2.18. The number of nitrogens with zero attached hydrogens (tertiary/aromatic N) is 1. The first-order chi connectivity index (χ1) is 13.3. The smallest absolute Gasteiger partial charge is 0.261 e. The van der Waals surface area contributed by atoms with Crippen molar-refractivity contribution in [3.63, 3.8) is 0 Å². The zero-order valence-electron chi connectivity index (χ0n) is 16.8. The normalized spacial score (nSPS) is 11.6. The number of rotatable bonds is 8. The fourth-order valence-corrected chi connectivity index (χ4v) is 3.12. The van der Waals surface area contributed by atoms with Crippen LogP contribution in [0.15, 0.2) is 42.5 Å². The third kappa shape index (κ3) is 5.81. The van der Waals surface area contributed by atoms with Gasteiger partial charge in [0, 0.05) is 13.6 Å². The predicted octanol–water partition coefficient (Wildman–Crippen LogP) is 3.37. The number of nitrogens with one attached hydrogen (secondary N) is 1. The number of ether oxygens (including phenoxy) is 1. The molecule has 150 valence electrons. The average Bonchev–Trinajstić information content (AvgIpc) is 2.66. The minimum Gasteiger partial charge on any atom is -0.484 e. The molecule has 5 nitrogen and oxygen atoms in total. The van der Waals surface area contributed by atoms with Gasteiger partial charge in [-0.3, -0.25) is 9.59 Å². The van der Waals surface area contributed by atoms with Gasteiger partial charge in [-0.1, -0.05) is 25.1 Å². The van der Waals surface area contributed by atoms with Crippen molar-refractivity contribution in [2.75, 3.05) is 13.7 Å². The Balaban J connectivity index is 2.19. The third-order valence-electron chi connectivity index (χ3n) is 4.46. The number of aryl methyl sites for hydroxylation is 2. The van der Waals surface area contributed by atoms with Crippen molar-refractivity contribution in [2.45, 2.75) is 39.8 Å². The molecule has 0 bridgehead atoms. The van der Waals surface area contributed by atoms with Crippen LogP contribution >= 0.6 is 0 Å². The lowest BCUT2D eigenvalue weighted by molar-refractivity contribution is -0.142. The van der Waals surface area contributed by atoms with E-state index in [2.05, 4.69) is 5.32 Å². The Bertz CT molecular complexity index is 801. The number of hydrogen-bond donors (Lipinski definition) is 1. The van der Waals surface area contributed by atoms with Gasteiger partial charge in [0.1, 0.15) is 17.6 Å². The molecule has 0 fully saturated rings. The van der Waals surface area contributed by atoms with Gasteiger partial charge in [0.15, 0.2) is 6.61 Å². The minimum absolute atomic E-state index is 0.183. The SMILES string of the molecule is CCC(C(=O)NC)N(Cc1ccc(F)cc1)C(=O)COc1cc(C)cc(C)c1. The van der Waals surface area contributed by atoms with Gasteiger partial charge in [0.2, 0.25) is 5.91 Å². The quantitative estimate of drug-likeness (QED) is 0.757. The second kappa shape index (κ2) is 9.88. The second-order valence-electron chi connectivity index (χ2n) is 6.80. The van der Waals surface area contributed by atoms with E-state index in [1.165, 1.54) is 24.1 Å². The third-order valence-corrected chi connectivity index (χ3v) is 4.46. The van der Waals surface area contributed by atoms with E-state index in [0.717, 1.165) is 16.7 Å². The molecular weight excluding hydrogens is 359 g/mol. The fraction of sp³-hybridized carbons (Fsp3) is 0.364. The van der Waals surface area contributed by atoms with E-state index in [4.69, 9.17) is 4.74 Å². The van der Waals surface area contributed by atoms with E-state index in [-0.39, 0.29) is 30.8 Å². The van der Waals surface area contributed by atoms with Crippen molar-refractivity contribution in [2.24, 2.45) is 0 Å². The highest BCUT2D eigenvalue weighted by molar-refractivity contribution is 5.88. The summed E-state index contributed by atoms with van der Waals surface area (Å²) in [5.74, 6) is -0.290. The molecule has 2 aromatic rings. The van der Waals surface area contributed by atoms with Gasteiger partial charge in [0.05, 0.1) is 0 Å². The molecule has 6 heteroatoms. The van der Waals surface area contributed by atoms with Crippen molar-refractivity contribution in [1.29, 1.82) is 0 Å². The van der Waals surface area contributed by atoms with Crippen LogP contribution in [-0.4, -0.2) is 36.4 Å². The molecule has 2 amide bonds. The number of carbonyl (C=O) groups excluding carboxylic acids is 2. The van der Waals surface area contributed by atoms with Crippen molar-refractivity contribution in [1.82, 2.24) is 10.2 Å². The molecule has 0 saturated heterocycles. The molecule has 0 saturated carbocycles. The molecule has 0 aliphatic carbocycles. The van der Waals surface area contributed by atoms with Gasteiger partial charge in [-0.15, -0.1) is 0 Å².